The number of oxazole rings is 1. The van der Waals surface area contributed by atoms with Crippen LogP contribution >= 0.6 is 0 Å². The molecule has 0 bridgehead atoms. The fraction of sp³-hybridized carbons (Fsp3) is 0.341. The first-order valence-corrected chi connectivity index (χ1v) is 18.0. The molecule has 1 aliphatic heterocycles. The third kappa shape index (κ3) is 5.44. The number of anilines is 1. The molecule has 3 nitrogen and oxygen atoms in total. The Morgan fingerprint density at radius 1 is 0.809 bits per heavy atom. The molecule has 1 aromatic heterocycles. The summed E-state index contributed by atoms with van der Waals surface area (Å²) in [6.07, 6.45) is 13.9. The highest BCUT2D eigenvalue weighted by Gasteiger charge is 2.45. The zero-order valence-electron chi connectivity index (χ0n) is 28.1. The van der Waals surface area contributed by atoms with Crippen molar-refractivity contribution in [1.82, 2.24) is 0 Å². The molecule has 6 aromatic rings. The lowest BCUT2D eigenvalue weighted by atomic mass is 9.74. The molecule has 5 aromatic carbocycles. The highest BCUT2D eigenvalue weighted by atomic mass is 16.4. The average Bonchev–Trinajstić information content (AvgIpc) is 3.81. The molecule has 1 fully saturated rings. The van der Waals surface area contributed by atoms with Crippen LogP contribution in [0.25, 0.3) is 38.7 Å². The first-order valence-electron chi connectivity index (χ1n) is 18.0. The van der Waals surface area contributed by atoms with Crippen molar-refractivity contribution in [2.24, 2.45) is 5.92 Å². The molecule has 1 unspecified atom stereocenters. The van der Waals surface area contributed by atoms with Crippen LogP contribution in [0.15, 0.2) is 113 Å². The van der Waals surface area contributed by atoms with E-state index in [1.807, 2.05) is 0 Å². The van der Waals surface area contributed by atoms with Gasteiger partial charge in [-0.05, 0) is 71.5 Å². The molecule has 0 radical (unpaired) electrons. The second kappa shape index (κ2) is 12.7. The van der Waals surface area contributed by atoms with E-state index < -0.39 is 0 Å². The van der Waals surface area contributed by atoms with Crippen molar-refractivity contribution < 1.29 is 8.98 Å². The molecule has 1 aliphatic carbocycles. The number of hydrogen-bond acceptors (Lipinski definition) is 2. The van der Waals surface area contributed by atoms with Gasteiger partial charge in [-0.15, -0.1) is 0 Å². The minimum Gasteiger partial charge on any atom is -0.397 e. The van der Waals surface area contributed by atoms with E-state index in [4.69, 9.17) is 4.42 Å². The maximum absolute atomic E-state index is 7.02. The van der Waals surface area contributed by atoms with Gasteiger partial charge in [-0.2, -0.15) is 4.57 Å². The highest BCUT2D eigenvalue weighted by Crippen LogP contribution is 2.53. The second-order valence-electron chi connectivity index (χ2n) is 14.2. The molecule has 8 rings (SSSR count). The Morgan fingerprint density at radius 3 is 2.30 bits per heavy atom. The lowest BCUT2D eigenvalue weighted by Crippen LogP contribution is -2.37. The average molecular weight is 620 g/mol. The van der Waals surface area contributed by atoms with Gasteiger partial charge < -0.3 is 9.32 Å². The van der Waals surface area contributed by atoms with E-state index in [9.17, 15) is 0 Å². The van der Waals surface area contributed by atoms with E-state index in [2.05, 4.69) is 133 Å². The van der Waals surface area contributed by atoms with Gasteiger partial charge in [-0.25, -0.2) is 0 Å². The van der Waals surface area contributed by atoms with Crippen LogP contribution in [0.2, 0.25) is 0 Å². The monoisotopic (exact) mass is 619 g/mol. The van der Waals surface area contributed by atoms with E-state index in [0.717, 1.165) is 43.3 Å². The van der Waals surface area contributed by atoms with Crippen molar-refractivity contribution >= 4 is 44.4 Å². The zero-order valence-corrected chi connectivity index (χ0v) is 28.1. The minimum atomic E-state index is -0.242. The lowest BCUT2D eigenvalue weighted by molar-refractivity contribution is -0.678. The topological polar surface area (TPSA) is 20.3 Å². The highest BCUT2D eigenvalue weighted by molar-refractivity contribution is 6.02. The van der Waals surface area contributed by atoms with Crippen LogP contribution in [0, 0.1) is 5.92 Å². The molecule has 2 heterocycles. The van der Waals surface area contributed by atoms with Crippen molar-refractivity contribution in [2.75, 3.05) is 11.4 Å². The summed E-state index contributed by atoms with van der Waals surface area (Å²) in [6, 6.07) is 37.9. The van der Waals surface area contributed by atoms with Crippen LogP contribution in [0.4, 0.5) is 5.69 Å². The van der Waals surface area contributed by atoms with E-state index >= 15 is 0 Å². The maximum atomic E-state index is 7.02. The largest absolute Gasteiger partial charge is 0.397 e. The van der Waals surface area contributed by atoms with Gasteiger partial charge in [0, 0.05) is 41.2 Å². The molecule has 238 valence electrons. The molecule has 1 atom stereocenters. The fourth-order valence-electron chi connectivity index (χ4n) is 8.79. The maximum Gasteiger partial charge on any atom is 0.375 e. The van der Waals surface area contributed by atoms with Gasteiger partial charge in [0.2, 0.25) is 5.58 Å². The summed E-state index contributed by atoms with van der Waals surface area (Å²) in [5, 5.41) is 5.06. The van der Waals surface area contributed by atoms with Crippen molar-refractivity contribution in [1.29, 1.82) is 0 Å². The normalized spacial score (nSPS) is 19.1. The Hall–Kier alpha value is -4.37. The summed E-state index contributed by atoms with van der Waals surface area (Å²) >= 11 is 0. The molecule has 0 saturated heterocycles. The number of aromatic nitrogens is 1. The number of fused-ring (bicyclic) bond motifs is 6. The van der Waals surface area contributed by atoms with E-state index in [-0.39, 0.29) is 5.41 Å². The lowest BCUT2D eigenvalue weighted by Gasteiger charge is -2.30. The van der Waals surface area contributed by atoms with Gasteiger partial charge in [0.1, 0.15) is 0 Å². The van der Waals surface area contributed by atoms with Crippen LogP contribution in [-0.4, -0.2) is 6.54 Å². The number of aryl methyl sites for hydroxylation is 1. The Labute approximate surface area is 279 Å². The van der Waals surface area contributed by atoms with Crippen LogP contribution in [0.3, 0.4) is 0 Å². The smallest absolute Gasteiger partial charge is 0.375 e. The molecule has 0 spiro atoms. The molecule has 0 N–H and O–H groups in total. The first kappa shape index (κ1) is 30.0. The molecular weight excluding hydrogens is 572 g/mol. The zero-order chi connectivity index (χ0) is 31.8. The van der Waals surface area contributed by atoms with Crippen molar-refractivity contribution in [2.45, 2.75) is 83.6 Å². The second-order valence-corrected chi connectivity index (χ2v) is 14.2. The Bertz CT molecular complexity index is 2070. The van der Waals surface area contributed by atoms with E-state index in [0.29, 0.717) is 0 Å². The van der Waals surface area contributed by atoms with Crippen LogP contribution in [-0.2, 0) is 18.4 Å². The van der Waals surface area contributed by atoms with Crippen LogP contribution in [0.1, 0.15) is 82.2 Å². The number of allylic oxidation sites excluding steroid dienone is 1. The summed E-state index contributed by atoms with van der Waals surface area (Å²) in [6.45, 7) is 6.70. The molecule has 47 heavy (non-hydrogen) atoms. The summed E-state index contributed by atoms with van der Waals surface area (Å²) in [5.41, 5.74) is 7.41. The number of benzene rings is 5. The van der Waals surface area contributed by atoms with Crippen molar-refractivity contribution in [3.05, 3.63) is 126 Å². The third-order valence-corrected chi connectivity index (χ3v) is 11.1. The van der Waals surface area contributed by atoms with Gasteiger partial charge in [0.25, 0.3) is 5.52 Å². The number of unbranched alkanes of at least 4 members (excludes halogenated alkanes) is 1. The van der Waals surface area contributed by atoms with Crippen molar-refractivity contribution in [3.63, 3.8) is 0 Å². The quantitative estimate of drug-likeness (QED) is 0.112. The molecule has 1 saturated carbocycles. The van der Waals surface area contributed by atoms with Gasteiger partial charge >= 0.3 is 5.89 Å². The SMILES string of the molecule is CCCN1/C(=C/c2oc3c4ccccc4ccc3[n+]2CCCCC2CCCC2)C(C)(Cc2ccccc2)c2c1ccc1ccccc21. The standard InChI is InChI=1S/C44H47N2O/c1-3-28-45-38-26-24-34-20-9-11-22-36(34)42(38)44(2,31-33-18-5-4-6-19-33)40(45)30-41-46(29-14-13-17-32-15-7-8-16-32)39-27-25-35-21-10-12-23-37(35)43(39)47-41/h4-6,9-12,18-27,30,32H,3,7-8,13-17,28-29,31H2,1-2H3/q+1. The Morgan fingerprint density at radius 2 is 1.51 bits per heavy atom. The van der Waals surface area contributed by atoms with Gasteiger partial charge in [-0.3, -0.25) is 0 Å². The molecule has 3 heteroatoms. The van der Waals surface area contributed by atoms with Gasteiger partial charge in [-0.1, -0.05) is 124 Å². The number of nitrogens with zero attached hydrogens (tertiary/aromatic N) is 2. The predicted molar refractivity (Wildman–Crippen MR) is 197 cm³/mol. The number of rotatable bonds is 10. The first-order chi connectivity index (χ1) is 23.1. The van der Waals surface area contributed by atoms with Crippen LogP contribution in [0.5, 0.6) is 0 Å². The van der Waals surface area contributed by atoms with E-state index in [1.54, 1.807) is 0 Å². The van der Waals surface area contributed by atoms with Gasteiger partial charge in [0.15, 0.2) is 6.54 Å². The Balaban J connectivity index is 1.30. The van der Waals surface area contributed by atoms with E-state index in [1.165, 1.54) is 94.5 Å². The summed E-state index contributed by atoms with van der Waals surface area (Å²) in [5.74, 6) is 1.89. The number of hydrogen-bond donors (Lipinski definition) is 0. The van der Waals surface area contributed by atoms with Crippen molar-refractivity contribution in [3.8, 4) is 0 Å². The minimum absolute atomic E-state index is 0.242. The summed E-state index contributed by atoms with van der Waals surface area (Å²) in [4.78, 5) is 2.60. The molecular formula is C44H47N2O+. The summed E-state index contributed by atoms with van der Waals surface area (Å²) in [7, 11) is 0. The molecule has 2 aliphatic rings. The third-order valence-electron chi connectivity index (χ3n) is 11.1. The fourth-order valence-corrected chi connectivity index (χ4v) is 8.79. The Kier molecular flexibility index (Phi) is 8.09. The predicted octanol–water partition coefficient (Wildman–Crippen LogP) is 11.2. The van der Waals surface area contributed by atoms with Crippen LogP contribution < -0.4 is 9.47 Å². The van der Waals surface area contributed by atoms with Gasteiger partial charge in [0.05, 0.1) is 6.08 Å². The molecule has 0 amide bonds. The summed E-state index contributed by atoms with van der Waals surface area (Å²) < 4.78 is 9.50.